The average molecular weight is 427 g/mol. The molecule has 0 aromatic heterocycles. The van der Waals surface area contributed by atoms with E-state index in [2.05, 4.69) is 5.32 Å². The molecule has 1 N–H and O–H groups in total. The van der Waals surface area contributed by atoms with E-state index >= 15 is 0 Å². The number of urea groups is 1. The Hall–Kier alpha value is -2.31. The number of amides is 2. The maximum absolute atomic E-state index is 14.0. The first kappa shape index (κ1) is 22.0. The molecular formula is C20H21Cl2FN2O3. The Morgan fingerprint density at radius 3 is 2.57 bits per heavy atom. The predicted octanol–water partition coefficient (Wildman–Crippen LogP) is 4.45. The molecule has 0 bridgehead atoms. The summed E-state index contributed by atoms with van der Waals surface area (Å²) in [5.74, 6) is -0.947. The molecule has 0 aliphatic heterocycles. The summed E-state index contributed by atoms with van der Waals surface area (Å²) in [5, 5.41) is 3.51. The number of hydrogen-bond donors (Lipinski definition) is 1. The summed E-state index contributed by atoms with van der Waals surface area (Å²) in [6.45, 7) is 1.96. The first-order chi connectivity index (χ1) is 13.4. The third-order valence-corrected chi connectivity index (χ3v) is 4.55. The van der Waals surface area contributed by atoms with E-state index in [-0.39, 0.29) is 26.2 Å². The number of nitrogens with one attached hydrogen (secondary N) is 1. The summed E-state index contributed by atoms with van der Waals surface area (Å²) in [6.07, 6.45) is 0.442. The predicted molar refractivity (Wildman–Crippen MR) is 107 cm³/mol. The van der Waals surface area contributed by atoms with Gasteiger partial charge in [-0.1, -0.05) is 47.5 Å². The molecule has 0 aliphatic rings. The molecule has 0 fully saturated rings. The Morgan fingerprint density at radius 2 is 1.89 bits per heavy atom. The van der Waals surface area contributed by atoms with Gasteiger partial charge in [0.15, 0.2) is 0 Å². The molecule has 2 aromatic carbocycles. The summed E-state index contributed by atoms with van der Waals surface area (Å²) in [4.78, 5) is 25.5. The van der Waals surface area contributed by atoms with Gasteiger partial charge in [-0.2, -0.15) is 0 Å². The molecule has 2 rings (SSSR count). The minimum atomic E-state index is -0.539. The molecule has 0 spiro atoms. The third-order valence-electron chi connectivity index (χ3n) is 3.96. The quantitative estimate of drug-likeness (QED) is 0.634. The van der Waals surface area contributed by atoms with Crippen molar-refractivity contribution in [3.8, 4) is 0 Å². The molecule has 2 aromatic rings. The number of hydrogen-bond acceptors (Lipinski definition) is 3. The topological polar surface area (TPSA) is 58.6 Å². The lowest BCUT2D eigenvalue weighted by Gasteiger charge is -2.23. The van der Waals surface area contributed by atoms with E-state index in [1.807, 2.05) is 0 Å². The first-order valence-corrected chi connectivity index (χ1v) is 9.52. The van der Waals surface area contributed by atoms with E-state index in [0.717, 1.165) is 5.56 Å². The fourth-order valence-corrected chi connectivity index (χ4v) is 3.04. The van der Waals surface area contributed by atoms with Gasteiger partial charge in [0.2, 0.25) is 0 Å². The molecule has 2 amide bonds. The molecule has 8 heteroatoms. The number of ether oxygens (including phenoxy) is 1. The number of nitrogens with zero attached hydrogens (tertiary/aromatic N) is 1. The lowest BCUT2D eigenvalue weighted by Crippen LogP contribution is -2.43. The number of halogens is 3. The zero-order valence-electron chi connectivity index (χ0n) is 15.4. The van der Waals surface area contributed by atoms with Crippen molar-refractivity contribution in [2.45, 2.75) is 19.9 Å². The number of rotatable bonds is 8. The zero-order valence-corrected chi connectivity index (χ0v) is 16.9. The van der Waals surface area contributed by atoms with Gasteiger partial charge < -0.3 is 15.0 Å². The van der Waals surface area contributed by atoms with E-state index in [1.165, 1.54) is 11.0 Å². The van der Waals surface area contributed by atoms with Crippen LogP contribution < -0.4 is 5.32 Å². The second kappa shape index (κ2) is 10.9. The number of esters is 1. The van der Waals surface area contributed by atoms with Crippen LogP contribution in [0.25, 0.3) is 0 Å². The van der Waals surface area contributed by atoms with E-state index in [4.69, 9.17) is 27.9 Å². The van der Waals surface area contributed by atoms with Crippen molar-refractivity contribution in [3.05, 3.63) is 69.5 Å². The molecule has 150 valence electrons. The number of carbonyl (C=O) groups excluding carboxylic acids is 2. The van der Waals surface area contributed by atoms with Gasteiger partial charge in [0.05, 0.1) is 13.2 Å². The smallest absolute Gasteiger partial charge is 0.325 e. The van der Waals surface area contributed by atoms with Crippen molar-refractivity contribution in [2.75, 3.05) is 19.7 Å². The van der Waals surface area contributed by atoms with Crippen LogP contribution in [-0.2, 0) is 22.5 Å². The minimum absolute atomic E-state index is 0.0482. The highest BCUT2D eigenvalue weighted by molar-refractivity contribution is 6.35. The molecule has 0 unspecified atom stereocenters. The Labute approximate surface area is 173 Å². The second-order valence-corrected chi connectivity index (χ2v) is 6.81. The van der Waals surface area contributed by atoms with Crippen LogP contribution in [0, 0.1) is 5.82 Å². The highest BCUT2D eigenvalue weighted by Gasteiger charge is 2.17. The van der Waals surface area contributed by atoms with Gasteiger partial charge in [-0.3, -0.25) is 4.79 Å². The molecule has 0 heterocycles. The maximum Gasteiger partial charge on any atom is 0.325 e. The molecule has 5 nitrogen and oxygen atoms in total. The van der Waals surface area contributed by atoms with Gasteiger partial charge >= 0.3 is 12.0 Å². The molecule has 0 saturated heterocycles. The molecule has 0 atom stereocenters. The Balaban J connectivity index is 2.09. The van der Waals surface area contributed by atoms with Crippen LogP contribution in [0.1, 0.15) is 18.1 Å². The van der Waals surface area contributed by atoms with Crippen molar-refractivity contribution in [1.82, 2.24) is 10.2 Å². The van der Waals surface area contributed by atoms with Crippen LogP contribution in [0.2, 0.25) is 10.0 Å². The zero-order chi connectivity index (χ0) is 20.5. The van der Waals surface area contributed by atoms with E-state index in [9.17, 15) is 14.0 Å². The number of benzene rings is 2. The van der Waals surface area contributed by atoms with Crippen LogP contribution in [0.4, 0.5) is 9.18 Å². The van der Waals surface area contributed by atoms with Crippen LogP contribution in [0.5, 0.6) is 0 Å². The normalized spacial score (nSPS) is 10.4. The Morgan fingerprint density at radius 1 is 1.14 bits per heavy atom. The van der Waals surface area contributed by atoms with Gasteiger partial charge in [-0.25, -0.2) is 9.18 Å². The average Bonchev–Trinajstić information content (AvgIpc) is 2.66. The highest BCUT2D eigenvalue weighted by Crippen LogP contribution is 2.22. The van der Waals surface area contributed by atoms with E-state index in [0.29, 0.717) is 22.0 Å². The van der Waals surface area contributed by atoms with Gasteiger partial charge in [-0.05, 0) is 37.1 Å². The molecule has 28 heavy (non-hydrogen) atoms. The third kappa shape index (κ3) is 6.69. The van der Waals surface area contributed by atoms with Gasteiger partial charge in [0.1, 0.15) is 12.4 Å². The van der Waals surface area contributed by atoms with Crippen molar-refractivity contribution in [1.29, 1.82) is 0 Å². The summed E-state index contributed by atoms with van der Waals surface area (Å²) in [5.41, 5.74) is 1.18. The van der Waals surface area contributed by atoms with Crippen LogP contribution >= 0.6 is 23.2 Å². The van der Waals surface area contributed by atoms with Crippen LogP contribution in [0.15, 0.2) is 42.5 Å². The lowest BCUT2D eigenvalue weighted by molar-refractivity contribution is -0.141. The fourth-order valence-electron chi connectivity index (χ4n) is 2.54. The van der Waals surface area contributed by atoms with Crippen molar-refractivity contribution in [2.24, 2.45) is 0 Å². The SMILES string of the molecule is CCOC(=O)CNC(=O)N(CCc1ccc(Cl)cc1Cl)Cc1ccccc1F. The van der Waals surface area contributed by atoms with Crippen molar-refractivity contribution >= 4 is 35.2 Å². The standard InChI is InChI=1S/C20H21Cl2FN2O3/c1-2-28-19(26)12-24-20(27)25(13-15-5-3-4-6-18(15)23)10-9-14-7-8-16(21)11-17(14)22/h3-8,11H,2,9-10,12-13H2,1H3,(H,24,27). The van der Waals surface area contributed by atoms with Gasteiger partial charge in [0.25, 0.3) is 0 Å². The Kier molecular flexibility index (Phi) is 8.54. The van der Waals surface area contributed by atoms with Crippen molar-refractivity contribution < 1.29 is 18.7 Å². The highest BCUT2D eigenvalue weighted by atomic mass is 35.5. The maximum atomic E-state index is 14.0. The van der Waals surface area contributed by atoms with Crippen molar-refractivity contribution in [3.63, 3.8) is 0 Å². The Bertz CT molecular complexity index is 833. The summed E-state index contributed by atoms with van der Waals surface area (Å²) in [6, 6.07) is 10.8. The fraction of sp³-hybridized carbons (Fsp3) is 0.300. The van der Waals surface area contributed by atoms with E-state index < -0.39 is 17.8 Å². The summed E-state index contributed by atoms with van der Waals surface area (Å²) >= 11 is 12.1. The second-order valence-electron chi connectivity index (χ2n) is 5.96. The lowest BCUT2D eigenvalue weighted by atomic mass is 10.1. The summed E-state index contributed by atoms with van der Waals surface area (Å²) in [7, 11) is 0. The first-order valence-electron chi connectivity index (χ1n) is 8.76. The number of carbonyl (C=O) groups is 2. The molecule has 0 saturated carbocycles. The van der Waals surface area contributed by atoms with Crippen LogP contribution in [-0.4, -0.2) is 36.6 Å². The molecule has 0 radical (unpaired) electrons. The van der Waals surface area contributed by atoms with Gasteiger partial charge in [0, 0.05) is 22.2 Å². The minimum Gasteiger partial charge on any atom is -0.465 e. The summed E-state index contributed by atoms with van der Waals surface area (Å²) < 4.78 is 18.8. The monoisotopic (exact) mass is 426 g/mol. The van der Waals surface area contributed by atoms with E-state index in [1.54, 1.807) is 43.3 Å². The van der Waals surface area contributed by atoms with Crippen LogP contribution in [0.3, 0.4) is 0 Å². The molecule has 0 aliphatic carbocycles. The molecular weight excluding hydrogens is 406 g/mol. The largest absolute Gasteiger partial charge is 0.465 e. The van der Waals surface area contributed by atoms with Gasteiger partial charge in [-0.15, -0.1) is 0 Å².